The molecular formula is C9H18N2O4S2. The second kappa shape index (κ2) is 4.18. The van der Waals surface area contributed by atoms with Gasteiger partial charge >= 0.3 is 0 Å². The lowest BCUT2D eigenvalue weighted by Gasteiger charge is -2.23. The molecule has 2 heterocycles. The standard InChI is InChI=1S/C9H18N2O4S2/c1-7-9-4-10-3-8(9)5-11(7)17(14,15)6-16(2,12)13/h7-10H,3-6H2,1-2H3. The van der Waals surface area contributed by atoms with Crippen molar-refractivity contribution in [1.29, 1.82) is 0 Å². The van der Waals surface area contributed by atoms with E-state index in [9.17, 15) is 16.8 Å². The summed E-state index contributed by atoms with van der Waals surface area (Å²) in [5, 5.41) is 2.45. The van der Waals surface area contributed by atoms with Gasteiger partial charge in [0, 0.05) is 18.8 Å². The summed E-state index contributed by atoms with van der Waals surface area (Å²) in [5.74, 6) is 0.628. The molecule has 2 saturated heterocycles. The molecule has 1 N–H and O–H groups in total. The SMILES string of the molecule is CC1C2CNCC2CN1S(=O)(=O)CS(C)(=O)=O. The summed E-state index contributed by atoms with van der Waals surface area (Å²) in [7, 11) is -7.20. The van der Waals surface area contributed by atoms with Gasteiger partial charge in [-0.2, -0.15) is 4.31 Å². The highest BCUT2D eigenvalue weighted by Crippen LogP contribution is 2.34. The van der Waals surface area contributed by atoms with E-state index in [2.05, 4.69) is 5.32 Å². The summed E-state index contributed by atoms with van der Waals surface area (Å²) in [5.41, 5.74) is 0. The number of hydrogen-bond acceptors (Lipinski definition) is 5. The molecule has 2 aliphatic rings. The van der Waals surface area contributed by atoms with Crippen LogP contribution in [0.4, 0.5) is 0 Å². The van der Waals surface area contributed by atoms with Crippen LogP contribution in [0.15, 0.2) is 0 Å². The number of sulfonamides is 1. The number of nitrogens with zero attached hydrogens (tertiary/aromatic N) is 1. The van der Waals surface area contributed by atoms with E-state index in [4.69, 9.17) is 0 Å². The Morgan fingerprint density at radius 1 is 1.24 bits per heavy atom. The molecule has 0 amide bonds. The fraction of sp³-hybridized carbons (Fsp3) is 1.00. The smallest absolute Gasteiger partial charge is 0.228 e. The third kappa shape index (κ3) is 2.64. The fourth-order valence-corrected chi connectivity index (χ4v) is 6.62. The lowest BCUT2D eigenvalue weighted by Crippen LogP contribution is -2.40. The Kier molecular flexibility index (Phi) is 3.26. The molecule has 0 aromatic carbocycles. The molecule has 100 valence electrons. The van der Waals surface area contributed by atoms with Crippen LogP contribution in [0.3, 0.4) is 0 Å². The maximum Gasteiger partial charge on any atom is 0.228 e. The zero-order valence-electron chi connectivity index (χ0n) is 9.96. The lowest BCUT2D eigenvalue weighted by molar-refractivity contribution is 0.362. The second-order valence-electron chi connectivity index (χ2n) is 5.05. The van der Waals surface area contributed by atoms with E-state index < -0.39 is 24.9 Å². The number of fused-ring (bicyclic) bond motifs is 1. The minimum Gasteiger partial charge on any atom is -0.316 e. The van der Waals surface area contributed by atoms with Crippen molar-refractivity contribution in [3.05, 3.63) is 0 Å². The first-order valence-corrected chi connectivity index (χ1v) is 9.25. The normalized spacial score (nSPS) is 35.1. The molecule has 0 aromatic rings. The molecule has 0 spiro atoms. The molecule has 6 nitrogen and oxygen atoms in total. The molecule has 8 heteroatoms. The van der Waals surface area contributed by atoms with Gasteiger partial charge < -0.3 is 5.32 Å². The average molecular weight is 282 g/mol. The summed E-state index contributed by atoms with van der Waals surface area (Å²) >= 11 is 0. The minimum atomic E-state index is -3.69. The van der Waals surface area contributed by atoms with E-state index in [0.717, 1.165) is 19.3 Å². The molecule has 3 atom stereocenters. The molecule has 0 aromatic heterocycles. The van der Waals surface area contributed by atoms with E-state index in [1.165, 1.54) is 4.31 Å². The van der Waals surface area contributed by atoms with Crippen LogP contribution >= 0.6 is 0 Å². The molecule has 17 heavy (non-hydrogen) atoms. The molecule has 2 fully saturated rings. The van der Waals surface area contributed by atoms with Gasteiger partial charge in [-0.25, -0.2) is 16.8 Å². The topological polar surface area (TPSA) is 83.6 Å². The monoisotopic (exact) mass is 282 g/mol. The summed E-state index contributed by atoms with van der Waals surface area (Å²) in [6.45, 7) is 3.94. The first-order valence-electron chi connectivity index (χ1n) is 5.59. The minimum absolute atomic E-state index is 0.109. The highest BCUT2D eigenvalue weighted by atomic mass is 32.3. The summed E-state index contributed by atoms with van der Waals surface area (Å²) in [6.07, 6.45) is 0.952. The summed E-state index contributed by atoms with van der Waals surface area (Å²) in [6, 6.07) is -0.109. The Hall–Kier alpha value is -0.180. The Bertz CT molecular complexity index is 499. The number of sulfone groups is 1. The van der Waals surface area contributed by atoms with Crippen molar-refractivity contribution >= 4 is 19.9 Å². The highest BCUT2D eigenvalue weighted by Gasteiger charge is 2.46. The van der Waals surface area contributed by atoms with Gasteiger partial charge in [0.25, 0.3) is 0 Å². The van der Waals surface area contributed by atoms with E-state index in [-0.39, 0.29) is 6.04 Å². The van der Waals surface area contributed by atoms with Gasteiger partial charge in [0.05, 0.1) is 0 Å². The van der Waals surface area contributed by atoms with Crippen molar-refractivity contribution in [2.45, 2.75) is 13.0 Å². The molecule has 0 saturated carbocycles. The maximum absolute atomic E-state index is 12.0. The van der Waals surface area contributed by atoms with Crippen molar-refractivity contribution in [2.75, 3.05) is 31.0 Å². The zero-order valence-corrected chi connectivity index (χ0v) is 11.6. The van der Waals surface area contributed by atoms with Gasteiger partial charge in [0.15, 0.2) is 14.9 Å². The number of hydrogen-bond donors (Lipinski definition) is 1. The predicted molar refractivity (Wildman–Crippen MR) is 64.6 cm³/mol. The number of rotatable bonds is 3. The van der Waals surface area contributed by atoms with Crippen LogP contribution in [0.25, 0.3) is 0 Å². The molecule has 2 aliphatic heterocycles. The van der Waals surface area contributed by atoms with E-state index in [0.29, 0.717) is 18.4 Å². The molecule has 0 radical (unpaired) electrons. The maximum atomic E-state index is 12.0. The molecular weight excluding hydrogens is 264 g/mol. The second-order valence-corrected chi connectivity index (χ2v) is 9.48. The third-order valence-electron chi connectivity index (χ3n) is 3.60. The predicted octanol–water partition coefficient (Wildman–Crippen LogP) is -1.14. The van der Waals surface area contributed by atoms with Gasteiger partial charge in [0.2, 0.25) is 10.0 Å². The number of nitrogens with one attached hydrogen (secondary N) is 1. The van der Waals surface area contributed by atoms with Gasteiger partial charge in [-0.15, -0.1) is 0 Å². The third-order valence-corrected chi connectivity index (χ3v) is 7.70. The molecule has 3 unspecified atom stereocenters. The first-order chi connectivity index (χ1) is 7.71. The summed E-state index contributed by atoms with van der Waals surface area (Å²) in [4.78, 5) is 0. The molecule has 0 bridgehead atoms. The Morgan fingerprint density at radius 3 is 2.41 bits per heavy atom. The Labute approximate surface area is 102 Å². The first kappa shape index (κ1) is 13.3. The van der Waals surface area contributed by atoms with E-state index in [1.807, 2.05) is 6.92 Å². The van der Waals surface area contributed by atoms with Crippen LogP contribution in [0, 0.1) is 11.8 Å². The van der Waals surface area contributed by atoms with Crippen molar-refractivity contribution < 1.29 is 16.8 Å². The van der Waals surface area contributed by atoms with Crippen LogP contribution in [0.5, 0.6) is 0 Å². The highest BCUT2D eigenvalue weighted by molar-refractivity contribution is 8.06. The molecule has 2 rings (SSSR count). The fourth-order valence-electron chi connectivity index (χ4n) is 2.83. The van der Waals surface area contributed by atoms with Crippen molar-refractivity contribution in [3.8, 4) is 0 Å². The van der Waals surface area contributed by atoms with Crippen molar-refractivity contribution in [3.63, 3.8) is 0 Å². The van der Waals surface area contributed by atoms with Gasteiger partial charge in [-0.1, -0.05) is 0 Å². The van der Waals surface area contributed by atoms with Gasteiger partial charge in [0.1, 0.15) is 0 Å². The van der Waals surface area contributed by atoms with Crippen LogP contribution in [-0.4, -0.2) is 58.2 Å². The van der Waals surface area contributed by atoms with E-state index in [1.54, 1.807) is 0 Å². The lowest BCUT2D eigenvalue weighted by atomic mass is 9.95. The van der Waals surface area contributed by atoms with Crippen LogP contribution in [0.2, 0.25) is 0 Å². The van der Waals surface area contributed by atoms with E-state index >= 15 is 0 Å². The van der Waals surface area contributed by atoms with Crippen molar-refractivity contribution in [1.82, 2.24) is 9.62 Å². The zero-order chi connectivity index (χ0) is 12.8. The molecule has 0 aliphatic carbocycles. The van der Waals surface area contributed by atoms with Crippen molar-refractivity contribution in [2.24, 2.45) is 11.8 Å². The van der Waals surface area contributed by atoms with Crippen LogP contribution < -0.4 is 5.32 Å². The van der Waals surface area contributed by atoms with Gasteiger partial charge in [-0.05, 0) is 31.8 Å². The van der Waals surface area contributed by atoms with Crippen LogP contribution in [0.1, 0.15) is 6.92 Å². The largest absolute Gasteiger partial charge is 0.316 e. The average Bonchev–Trinajstić information content (AvgIpc) is 2.64. The summed E-state index contributed by atoms with van der Waals surface area (Å²) < 4.78 is 47.7. The van der Waals surface area contributed by atoms with Crippen LogP contribution in [-0.2, 0) is 19.9 Å². The quantitative estimate of drug-likeness (QED) is 0.707. The van der Waals surface area contributed by atoms with Gasteiger partial charge in [-0.3, -0.25) is 0 Å². The Balaban J connectivity index is 2.19. The Morgan fingerprint density at radius 2 is 1.88 bits per heavy atom.